The van der Waals surface area contributed by atoms with E-state index in [1.165, 1.54) is 12.3 Å². The molecule has 1 atom stereocenters. The van der Waals surface area contributed by atoms with E-state index < -0.39 is 12.2 Å². The molecule has 0 saturated heterocycles. The molecule has 0 bridgehead atoms. The van der Waals surface area contributed by atoms with Gasteiger partial charge in [0.25, 0.3) is 6.43 Å². The maximum atomic E-state index is 13.9. The second-order valence-corrected chi connectivity index (χ2v) is 6.83. The third-order valence-corrected chi connectivity index (χ3v) is 3.83. The van der Waals surface area contributed by atoms with E-state index in [0.717, 1.165) is 18.7 Å². The lowest BCUT2D eigenvalue weighted by molar-refractivity contribution is 0.142. The molecule has 2 heterocycles. The summed E-state index contributed by atoms with van der Waals surface area (Å²) in [5.41, 5.74) is -0.254. The Bertz CT molecular complexity index is 725. The van der Waals surface area contributed by atoms with Crippen LogP contribution in [0.25, 0.3) is 11.3 Å². The van der Waals surface area contributed by atoms with Gasteiger partial charge in [-0.3, -0.25) is 4.98 Å². The van der Waals surface area contributed by atoms with Crippen LogP contribution >= 0.6 is 11.6 Å². The maximum absolute atomic E-state index is 13.9. The molecule has 2 aromatic heterocycles. The van der Waals surface area contributed by atoms with Gasteiger partial charge >= 0.3 is 0 Å². The first-order valence-corrected chi connectivity index (χ1v) is 8.38. The number of hydrogen-bond acceptors (Lipinski definition) is 3. The molecule has 2 rings (SSSR count). The van der Waals surface area contributed by atoms with Gasteiger partial charge in [-0.2, -0.15) is 0 Å². The fourth-order valence-corrected chi connectivity index (χ4v) is 2.77. The second kappa shape index (κ2) is 8.52. The molecule has 25 heavy (non-hydrogen) atoms. The molecule has 0 spiro atoms. The fraction of sp³-hybridized carbons (Fsp3) is 0.444. The van der Waals surface area contributed by atoms with E-state index in [2.05, 4.69) is 23.8 Å². The summed E-state index contributed by atoms with van der Waals surface area (Å²) in [6.07, 6.45) is 0.292. The number of alkyl halides is 2. The van der Waals surface area contributed by atoms with E-state index in [1.807, 2.05) is 6.92 Å². The summed E-state index contributed by atoms with van der Waals surface area (Å²) in [5.74, 6) is 0.0426. The minimum atomic E-state index is -2.77. The maximum Gasteiger partial charge on any atom is 0.267 e. The number of halogens is 4. The van der Waals surface area contributed by atoms with E-state index in [4.69, 9.17) is 16.3 Å². The quantitative estimate of drug-likeness (QED) is 0.564. The number of nitrogens with zero attached hydrogens (tertiary/aromatic N) is 2. The second-order valence-electron chi connectivity index (χ2n) is 6.44. The van der Waals surface area contributed by atoms with E-state index in [0.29, 0.717) is 12.5 Å². The van der Waals surface area contributed by atoms with Crippen LogP contribution in [-0.2, 0) is 0 Å². The van der Waals surface area contributed by atoms with Crippen molar-refractivity contribution in [3.63, 3.8) is 0 Å². The van der Waals surface area contributed by atoms with Crippen LogP contribution in [0, 0.1) is 17.7 Å². The Kier molecular flexibility index (Phi) is 6.64. The molecule has 0 aromatic carbocycles. The number of aromatic nitrogens is 2. The van der Waals surface area contributed by atoms with E-state index in [9.17, 15) is 13.2 Å². The summed E-state index contributed by atoms with van der Waals surface area (Å²) in [6, 6.07) is 2.38. The van der Waals surface area contributed by atoms with Gasteiger partial charge in [0.05, 0.1) is 30.3 Å². The number of ether oxygens (including phenoxy) is 1. The van der Waals surface area contributed by atoms with E-state index in [-0.39, 0.29) is 33.6 Å². The topological polar surface area (TPSA) is 35.0 Å². The largest absolute Gasteiger partial charge is 0.491 e. The predicted molar refractivity (Wildman–Crippen MR) is 91.5 cm³/mol. The first-order chi connectivity index (χ1) is 11.8. The summed E-state index contributed by atoms with van der Waals surface area (Å²) < 4.78 is 46.2. The Morgan fingerprint density at radius 3 is 2.48 bits per heavy atom. The van der Waals surface area contributed by atoms with Crippen molar-refractivity contribution in [2.24, 2.45) is 11.8 Å². The highest BCUT2D eigenvalue weighted by Crippen LogP contribution is 2.33. The first-order valence-electron chi connectivity index (χ1n) is 8.00. The fourth-order valence-electron chi connectivity index (χ4n) is 2.61. The zero-order valence-corrected chi connectivity index (χ0v) is 15.0. The van der Waals surface area contributed by atoms with Gasteiger partial charge in [-0.15, -0.1) is 0 Å². The summed E-state index contributed by atoms with van der Waals surface area (Å²) in [7, 11) is 0. The molecule has 136 valence electrons. The smallest absolute Gasteiger partial charge is 0.267 e. The van der Waals surface area contributed by atoms with Crippen LogP contribution in [0.15, 0.2) is 24.5 Å². The first kappa shape index (κ1) is 19.5. The molecule has 0 aliphatic carbocycles. The zero-order chi connectivity index (χ0) is 18.6. The van der Waals surface area contributed by atoms with Crippen molar-refractivity contribution in [2.75, 3.05) is 6.61 Å². The van der Waals surface area contributed by atoms with Gasteiger partial charge in [0.2, 0.25) is 0 Å². The lowest BCUT2D eigenvalue weighted by Crippen LogP contribution is -2.12. The Morgan fingerprint density at radius 2 is 1.84 bits per heavy atom. The number of hydrogen-bond donors (Lipinski definition) is 0. The third-order valence-electron chi connectivity index (χ3n) is 3.63. The van der Waals surface area contributed by atoms with Crippen LogP contribution in [0.5, 0.6) is 5.75 Å². The minimum absolute atomic E-state index is 0.00918. The molecular formula is C18H20ClF3N2O. The molecule has 7 heteroatoms. The van der Waals surface area contributed by atoms with Crippen LogP contribution in [0.4, 0.5) is 13.2 Å². The Morgan fingerprint density at radius 1 is 1.12 bits per heavy atom. The Labute approximate surface area is 150 Å². The highest BCUT2D eigenvalue weighted by atomic mass is 35.5. The molecular weight excluding hydrogens is 353 g/mol. The molecule has 0 aliphatic heterocycles. The van der Waals surface area contributed by atoms with Crippen LogP contribution < -0.4 is 4.74 Å². The summed E-state index contributed by atoms with van der Waals surface area (Å²) in [4.78, 5) is 7.65. The summed E-state index contributed by atoms with van der Waals surface area (Å²) in [6.45, 7) is 6.49. The standard InChI is InChI=1S/C18H20ClF3N2O/c1-10(2)4-11(3)9-25-16-8-23-15(5-13(16)18(21)22)12-6-17(19)24-7-14(12)20/h5-8,10-11,18H,4,9H2,1-3H3. The predicted octanol–water partition coefficient (Wildman–Crippen LogP) is 5.93. The Hall–Kier alpha value is -1.82. The number of rotatable bonds is 7. The van der Waals surface area contributed by atoms with Gasteiger partial charge in [0.1, 0.15) is 10.9 Å². The van der Waals surface area contributed by atoms with Crippen LogP contribution in [0.2, 0.25) is 5.15 Å². The third kappa shape index (κ3) is 5.33. The van der Waals surface area contributed by atoms with Crippen molar-refractivity contribution in [2.45, 2.75) is 33.6 Å². The lowest BCUT2D eigenvalue weighted by atomic mass is 10.00. The van der Waals surface area contributed by atoms with Crippen LogP contribution in [0.1, 0.15) is 39.2 Å². The van der Waals surface area contributed by atoms with Gasteiger partial charge in [0.15, 0.2) is 5.82 Å². The molecule has 0 saturated carbocycles. The summed E-state index contributed by atoms with van der Waals surface area (Å²) in [5, 5.41) is 0.0552. The lowest BCUT2D eigenvalue weighted by Gasteiger charge is -2.17. The molecule has 0 aliphatic rings. The van der Waals surface area contributed by atoms with Gasteiger partial charge in [0, 0.05) is 5.56 Å². The van der Waals surface area contributed by atoms with Crippen LogP contribution in [0.3, 0.4) is 0 Å². The highest BCUT2D eigenvalue weighted by molar-refractivity contribution is 6.29. The molecule has 0 fully saturated rings. The van der Waals surface area contributed by atoms with Crippen molar-refractivity contribution >= 4 is 11.6 Å². The molecule has 0 N–H and O–H groups in total. The van der Waals surface area contributed by atoms with Crippen molar-refractivity contribution in [1.82, 2.24) is 9.97 Å². The van der Waals surface area contributed by atoms with Gasteiger partial charge in [-0.05, 0) is 30.4 Å². The molecule has 2 aromatic rings. The monoisotopic (exact) mass is 372 g/mol. The minimum Gasteiger partial charge on any atom is -0.491 e. The molecule has 0 amide bonds. The zero-order valence-electron chi connectivity index (χ0n) is 14.3. The van der Waals surface area contributed by atoms with Crippen LogP contribution in [-0.4, -0.2) is 16.6 Å². The number of pyridine rings is 2. The van der Waals surface area contributed by atoms with Crippen molar-refractivity contribution in [3.8, 4) is 17.0 Å². The van der Waals surface area contributed by atoms with Gasteiger partial charge < -0.3 is 4.74 Å². The van der Waals surface area contributed by atoms with Gasteiger partial charge in [-0.25, -0.2) is 18.2 Å². The van der Waals surface area contributed by atoms with Gasteiger partial charge in [-0.1, -0.05) is 32.4 Å². The summed E-state index contributed by atoms with van der Waals surface area (Å²) >= 11 is 5.75. The van der Waals surface area contributed by atoms with Crippen molar-refractivity contribution < 1.29 is 17.9 Å². The van der Waals surface area contributed by atoms with E-state index in [1.54, 1.807) is 0 Å². The van der Waals surface area contributed by atoms with Crippen molar-refractivity contribution in [3.05, 3.63) is 41.1 Å². The molecule has 0 radical (unpaired) electrons. The van der Waals surface area contributed by atoms with Crippen molar-refractivity contribution in [1.29, 1.82) is 0 Å². The normalized spacial score (nSPS) is 12.7. The average molecular weight is 373 g/mol. The Balaban J connectivity index is 2.27. The van der Waals surface area contributed by atoms with E-state index >= 15 is 0 Å². The average Bonchev–Trinajstić information content (AvgIpc) is 2.54. The molecule has 1 unspecified atom stereocenters. The SMILES string of the molecule is CC(C)CC(C)COc1cnc(-c2cc(Cl)ncc2F)cc1C(F)F. The molecule has 3 nitrogen and oxygen atoms in total. The highest BCUT2D eigenvalue weighted by Gasteiger charge is 2.19.